The Hall–Kier alpha value is -3.08. The normalized spacial score (nSPS) is 11.0. The predicted molar refractivity (Wildman–Crippen MR) is 87.0 cm³/mol. The first-order chi connectivity index (χ1) is 11.3. The standard InChI is InChI=1S/C18H16N2O3/c21-19-12-14-6-8-17(9-7-14)22-11-10-16-13-23-18(20-16)15-4-2-1-3-5-15/h1-9,12-13,21H,10-11H2/b19-12+. The van der Waals surface area contributed by atoms with Crippen LogP contribution in [0.4, 0.5) is 0 Å². The van der Waals surface area contributed by atoms with Gasteiger partial charge < -0.3 is 14.4 Å². The lowest BCUT2D eigenvalue weighted by Gasteiger charge is -2.04. The van der Waals surface area contributed by atoms with Crippen LogP contribution in [0.5, 0.6) is 5.75 Å². The van der Waals surface area contributed by atoms with Crippen LogP contribution in [0.25, 0.3) is 11.5 Å². The summed E-state index contributed by atoms with van der Waals surface area (Å²) in [6.07, 6.45) is 3.69. The third-order valence-electron chi connectivity index (χ3n) is 3.29. The molecule has 0 amide bonds. The van der Waals surface area contributed by atoms with Gasteiger partial charge in [0.25, 0.3) is 0 Å². The summed E-state index contributed by atoms with van der Waals surface area (Å²) in [6, 6.07) is 17.1. The van der Waals surface area contributed by atoms with Gasteiger partial charge in [-0.05, 0) is 42.0 Å². The molecule has 0 saturated carbocycles. The first kappa shape index (κ1) is 14.8. The van der Waals surface area contributed by atoms with Gasteiger partial charge in [-0.15, -0.1) is 0 Å². The highest BCUT2D eigenvalue weighted by molar-refractivity contribution is 5.79. The predicted octanol–water partition coefficient (Wildman–Crippen LogP) is 3.77. The Kier molecular flexibility index (Phi) is 4.69. The third-order valence-corrected chi connectivity index (χ3v) is 3.29. The van der Waals surface area contributed by atoms with Gasteiger partial charge in [0.2, 0.25) is 5.89 Å². The van der Waals surface area contributed by atoms with Crippen molar-refractivity contribution in [2.45, 2.75) is 6.42 Å². The van der Waals surface area contributed by atoms with Gasteiger partial charge in [0.1, 0.15) is 12.0 Å². The molecule has 23 heavy (non-hydrogen) atoms. The zero-order valence-electron chi connectivity index (χ0n) is 12.4. The lowest BCUT2D eigenvalue weighted by Crippen LogP contribution is -2.01. The molecular formula is C18H16N2O3. The van der Waals surface area contributed by atoms with E-state index in [0.29, 0.717) is 18.9 Å². The van der Waals surface area contributed by atoms with Crippen LogP contribution < -0.4 is 4.74 Å². The molecule has 0 aliphatic carbocycles. The summed E-state index contributed by atoms with van der Waals surface area (Å²) in [6.45, 7) is 0.508. The molecule has 2 aromatic carbocycles. The molecule has 0 fully saturated rings. The molecule has 1 aromatic heterocycles. The van der Waals surface area contributed by atoms with Crippen LogP contribution in [0.15, 0.2) is 70.4 Å². The van der Waals surface area contributed by atoms with E-state index in [2.05, 4.69) is 10.1 Å². The molecular weight excluding hydrogens is 292 g/mol. The van der Waals surface area contributed by atoms with Crippen molar-refractivity contribution < 1.29 is 14.4 Å². The second-order valence-electron chi connectivity index (χ2n) is 4.92. The minimum absolute atomic E-state index is 0.508. The van der Waals surface area contributed by atoms with Crippen LogP contribution in [0.1, 0.15) is 11.3 Å². The van der Waals surface area contributed by atoms with Crippen molar-refractivity contribution in [2.75, 3.05) is 6.61 Å². The Balaban J connectivity index is 1.54. The van der Waals surface area contributed by atoms with E-state index in [1.165, 1.54) is 6.21 Å². The van der Waals surface area contributed by atoms with E-state index >= 15 is 0 Å². The first-order valence-electron chi connectivity index (χ1n) is 7.25. The SMILES string of the molecule is O/N=C/c1ccc(OCCc2coc(-c3ccccc3)n2)cc1. The summed E-state index contributed by atoms with van der Waals surface area (Å²) in [5.41, 5.74) is 2.62. The van der Waals surface area contributed by atoms with Crippen molar-refractivity contribution in [1.29, 1.82) is 0 Å². The van der Waals surface area contributed by atoms with Crippen molar-refractivity contribution in [3.05, 3.63) is 72.1 Å². The van der Waals surface area contributed by atoms with Gasteiger partial charge in [0.15, 0.2) is 0 Å². The Morgan fingerprint density at radius 3 is 2.61 bits per heavy atom. The van der Waals surface area contributed by atoms with Crippen molar-refractivity contribution in [3.8, 4) is 17.2 Å². The molecule has 0 atom stereocenters. The average molecular weight is 308 g/mol. The largest absolute Gasteiger partial charge is 0.493 e. The van der Waals surface area contributed by atoms with E-state index in [1.807, 2.05) is 54.6 Å². The Morgan fingerprint density at radius 2 is 1.87 bits per heavy atom. The molecule has 0 radical (unpaired) electrons. The van der Waals surface area contributed by atoms with E-state index in [9.17, 15) is 0 Å². The average Bonchev–Trinajstić information content (AvgIpc) is 3.06. The van der Waals surface area contributed by atoms with Gasteiger partial charge >= 0.3 is 0 Å². The molecule has 0 saturated heterocycles. The zero-order valence-corrected chi connectivity index (χ0v) is 12.4. The lowest BCUT2D eigenvalue weighted by molar-refractivity contribution is 0.320. The number of benzene rings is 2. The molecule has 5 nitrogen and oxygen atoms in total. The van der Waals surface area contributed by atoms with Gasteiger partial charge in [-0.2, -0.15) is 0 Å². The molecule has 0 unspecified atom stereocenters. The fourth-order valence-corrected chi connectivity index (χ4v) is 2.13. The number of rotatable bonds is 6. The Labute approximate surface area is 133 Å². The maximum absolute atomic E-state index is 8.46. The molecule has 1 N–H and O–H groups in total. The fraction of sp³-hybridized carbons (Fsp3) is 0.111. The van der Waals surface area contributed by atoms with Crippen molar-refractivity contribution in [2.24, 2.45) is 5.16 Å². The van der Waals surface area contributed by atoms with Crippen LogP contribution in [-0.4, -0.2) is 23.0 Å². The van der Waals surface area contributed by atoms with Gasteiger partial charge in [-0.3, -0.25) is 0 Å². The number of oxazole rings is 1. The molecule has 1 heterocycles. The Morgan fingerprint density at radius 1 is 1.09 bits per heavy atom. The van der Waals surface area contributed by atoms with Gasteiger partial charge in [-0.25, -0.2) is 4.98 Å². The van der Waals surface area contributed by atoms with Gasteiger partial charge in [0.05, 0.1) is 18.5 Å². The first-order valence-corrected chi connectivity index (χ1v) is 7.25. The van der Waals surface area contributed by atoms with Crippen molar-refractivity contribution >= 4 is 6.21 Å². The van der Waals surface area contributed by atoms with E-state index in [0.717, 1.165) is 22.6 Å². The molecule has 0 aliphatic rings. The van der Waals surface area contributed by atoms with Crippen LogP contribution in [0, 0.1) is 0 Å². The van der Waals surface area contributed by atoms with E-state index < -0.39 is 0 Å². The highest BCUT2D eigenvalue weighted by Crippen LogP contribution is 2.18. The highest BCUT2D eigenvalue weighted by atomic mass is 16.5. The molecule has 3 rings (SSSR count). The number of nitrogens with zero attached hydrogens (tertiary/aromatic N) is 2. The minimum atomic E-state index is 0.508. The topological polar surface area (TPSA) is 67.9 Å². The van der Waals surface area contributed by atoms with Crippen LogP contribution in [-0.2, 0) is 6.42 Å². The molecule has 0 spiro atoms. The molecule has 116 valence electrons. The Bertz CT molecular complexity index is 764. The summed E-state index contributed by atoms with van der Waals surface area (Å²) < 4.78 is 11.2. The molecule has 0 bridgehead atoms. The summed E-state index contributed by atoms with van der Waals surface area (Å²) in [7, 11) is 0. The second-order valence-corrected chi connectivity index (χ2v) is 4.92. The van der Waals surface area contributed by atoms with E-state index in [1.54, 1.807) is 6.26 Å². The lowest BCUT2D eigenvalue weighted by atomic mass is 10.2. The number of aromatic nitrogens is 1. The smallest absolute Gasteiger partial charge is 0.226 e. The number of ether oxygens (including phenoxy) is 1. The maximum Gasteiger partial charge on any atom is 0.226 e. The second kappa shape index (κ2) is 7.26. The minimum Gasteiger partial charge on any atom is -0.493 e. The van der Waals surface area contributed by atoms with Crippen LogP contribution in [0.3, 0.4) is 0 Å². The summed E-state index contributed by atoms with van der Waals surface area (Å²) in [5, 5.41) is 11.4. The zero-order chi connectivity index (χ0) is 15.9. The number of oxime groups is 1. The summed E-state index contributed by atoms with van der Waals surface area (Å²) in [4.78, 5) is 4.46. The molecule has 0 aliphatic heterocycles. The molecule has 5 heteroatoms. The quantitative estimate of drug-likeness (QED) is 0.427. The maximum atomic E-state index is 8.46. The van der Waals surface area contributed by atoms with Crippen molar-refractivity contribution in [1.82, 2.24) is 4.98 Å². The van der Waals surface area contributed by atoms with Gasteiger partial charge in [0, 0.05) is 12.0 Å². The summed E-state index contributed by atoms with van der Waals surface area (Å²) >= 11 is 0. The van der Waals surface area contributed by atoms with Crippen LogP contribution in [0.2, 0.25) is 0 Å². The fourth-order valence-electron chi connectivity index (χ4n) is 2.13. The van der Waals surface area contributed by atoms with E-state index in [4.69, 9.17) is 14.4 Å². The van der Waals surface area contributed by atoms with Crippen LogP contribution >= 0.6 is 0 Å². The summed E-state index contributed by atoms with van der Waals surface area (Å²) in [5.74, 6) is 1.38. The molecule has 3 aromatic rings. The van der Waals surface area contributed by atoms with E-state index in [-0.39, 0.29) is 0 Å². The monoisotopic (exact) mass is 308 g/mol. The number of hydrogen-bond acceptors (Lipinski definition) is 5. The number of hydrogen-bond donors (Lipinski definition) is 1. The van der Waals surface area contributed by atoms with Gasteiger partial charge in [-0.1, -0.05) is 23.4 Å². The highest BCUT2D eigenvalue weighted by Gasteiger charge is 2.06. The third kappa shape index (κ3) is 3.97. The van der Waals surface area contributed by atoms with Crippen molar-refractivity contribution in [3.63, 3.8) is 0 Å².